The Morgan fingerprint density at radius 3 is 2.56 bits per heavy atom. The van der Waals surface area contributed by atoms with E-state index in [0.29, 0.717) is 5.13 Å². The fraction of sp³-hybridized carbons (Fsp3) is 0.250. The van der Waals surface area contributed by atoms with E-state index < -0.39 is 0 Å². The molecule has 1 aromatic heterocycles. The van der Waals surface area contributed by atoms with Crippen LogP contribution in [0.4, 0.5) is 5.13 Å². The van der Waals surface area contributed by atoms with Gasteiger partial charge < -0.3 is 10.8 Å². The molecule has 4 heteroatoms. The normalized spacial score (nSPS) is 10.6. The molecule has 1 heterocycles. The van der Waals surface area contributed by atoms with Crippen LogP contribution in [0.2, 0.25) is 0 Å². The number of aliphatic hydroxyl groups excluding tert-OH is 1. The van der Waals surface area contributed by atoms with Crippen LogP contribution in [0.1, 0.15) is 17.4 Å². The molecule has 0 aliphatic heterocycles. The lowest BCUT2D eigenvalue weighted by Gasteiger charge is -2.01. The molecule has 0 bridgehead atoms. The highest BCUT2D eigenvalue weighted by atomic mass is 32.1. The SMILES string of the molecule is CCc1ccc(-c2nc(N)sc2CO)cc1. The number of hydrogen-bond acceptors (Lipinski definition) is 4. The molecule has 2 aromatic rings. The monoisotopic (exact) mass is 234 g/mol. The van der Waals surface area contributed by atoms with Gasteiger partial charge in [-0.25, -0.2) is 4.98 Å². The van der Waals surface area contributed by atoms with Crippen molar-refractivity contribution in [2.75, 3.05) is 5.73 Å². The second-order valence-electron chi connectivity index (χ2n) is 3.53. The third-order valence-corrected chi connectivity index (χ3v) is 3.36. The first-order valence-electron chi connectivity index (χ1n) is 5.20. The minimum atomic E-state index is -0.0142. The van der Waals surface area contributed by atoms with Crippen LogP contribution in [-0.2, 0) is 13.0 Å². The van der Waals surface area contributed by atoms with Crippen LogP contribution in [0.25, 0.3) is 11.3 Å². The number of nitrogens with zero attached hydrogens (tertiary/aromatic N) is 1. The highest BCUT2D eigenvalue weighted by Crippen LogP contribution is 2.29. The van der Waals surface area contributed by atoms with Crippen molar-refractivity contribution in [3.05, 3.63) is 34.7 Å². The fourth-order valence-corrected chi connectivity index (χ4v) is 2.32. The van der Waals surface area contributed by atoms with Gasteiger partial charge in [-0.3, -0.25) is 0 Å². The lowest BCUT2D eigenvalue weighted by molar-refractivity contribution is 0.286. The summed E-state index contributed by atoms with van der Waals surface area (Å²) in [4.78, 5) is 5.06. The van der Waals surface area contributed by atoms with Crippen molar-refractivity contribution in [2.45, 2.75) is 20.0 Å². The number of anilines is 1. The zero-order chi connectivity index (χ0) is 11.5. The number of nitrogen functional groups attached to an aromatic ring is 1. The van der Waals surface area contributed by atoms with Crippen LogP contribution in [0.3, 0.4) is 0 Å². The van der Waals surface area contributed by atoms with E-state index in [4.69, 9.17) is 5.73 Å². The Bertz CT molecular complexity index is 476. The smallest absolute Gasteiger partial charge is 0.180 e. The zero-order valence-corrected chi connectivity index (χ0v) is 9.92. The number of aryl methyl sites for hydroxylation is 1. The molecule has 84 valence electrons. The molecule has 0 aliphatic rings. The first-order chi connectivity index (χ1) is 7.74. The predicted molar refractivity (Wildman–Crippen MR) is 67.3 cm³/mol. The summed E-state index contributed by atoms with van der Waals surface area (Å²) in [5, 5.41) is 9.71. The van der Waals surface area contributed by atoms with Crippen molar-refractivity contribution in [3.63, 3.8) is 0 Å². The Balaban J connectivity index is 2.41. The summed E-state index contributed by atoms with van der Waals surface area (Å²) >= 11 is 1.34. The van der Waals surface area contributed by atoms with Gasteiger partial charge in [0.1, 0.15) is 0 Å². The predicted octanol–water partition coefficient (Wildman–Crippen LogP) is 2.45. The van der Waals surface area contributed by atoms with Crippen LogP contribution in [-0.4, -0.2) is 10.1 Å². The molecule has 0 amide bonds. The standard InChI is InChI=1S/C12H14N2OS/c1-2-8-3-5-9(6-4-8)11-10(7-15)16-12(13)14-11/h3-6,15H,2,7H2,1H3,(H2,13,14). The van der Waals surface area contributed by atoms with E-state index in [2.05, 4.69) is 24.0 Å². The van der Waals surface area contributed by atoms with Crippen molar-refractivity contribution in [2.24, 2.45) is 0 Å². The number of nitrogens with two attached hydrogens (primary N) is 1. The number of benzene rings is 1. The molecule has 3 nitrogen and oxygen atoms in total. The van der Waals surface area contributed by atoms with Gasteiger partial charge in [0, 0.05) is 5.56 Å². The van der Waals surface area contributed by atoms with E-state index in [-0.39, 0.29) is 6.61 Å². The molecule has 0 fully saturated rings. The molecule has 3 N–H and O–H groups in total. The average Bonchev–Trinajstić information content (AvgIpc) is 2.70. The van der Waals surface area contributed by atoms with E-state index in [1.165, 1.54) is 16.9 Å². The van der Waals surface area contributed by atoms with Gasteiger partial charge in [-0.05, 0) is 12.0 Å². The molecule has 16 heavy (non-hydrogen) atoms. The molecule has 1 aromatic carbocycles. The van der Waals surface area contributed by atoms with Crippen LogP contribution >= 0.6 is 11.3 Å². The summed E-state index contributed by atoms with van der Waals surface area (Å²) < 4.78 is 0. The highest BCUT2D eigenvalue weighted by molar-refractivity contribution is 7.15. The molecule has 0 saturated heterocycles. The third-order valence-electron chi connectivity index (χ3n) is 2.49. The van der Waals surface area contributed by atoms with Gasteiger partial charge in [-0.2, -0.15) is 0 Å². The van der Waals surface area contributed by atoms with Crippen molar-refractivity contribution in [1.82, 2.24) is 4.98 Å². The molecule has 0 spiro atoms. The highest BCUT2D eigenvalue weighted by Gasteiger charge is 2.10. The van der Waals surface area contributed by atoms with Crippen molar-refractivity contribution in [1.29, 1.82) is 0 Å². The van der Waals surface area contributed by atoms with E-state index in [0.717, 1.165) is 22.6 Å². The minimum Gasteiger partial charge on any atom is -0.391 e. The van der Waals surface area contributed by atoms with Gasteiger partial charge in [0.25, 0.3) is 0 Å². The second kappa shape index (κ2) is 4.63. The molecular formula is C12H14N2OS. The summed E-state index contributed by atoms with van der Waals surface area (Å²) in [5.74, 6) is 0. The van der Waals surface area contributed by atoms with Crippen LogP contribution < -0.4 is 5.73 Å². The summed E-state index contributed by atoms with van der Waals surface area (Å²) in [6.45, 7) is 2.11. The van der Waals surface area contributed by atoms with E-state index in [1.807, 2.05) is 12.1 Å². The van der Waals surface area contributed by atoms with Crippen LogP contribution in [0.5, 0.6) is 0 Å². The molecule has 0 atom stereocenters. The number of aromatic nitrogens is 1. The van der Waals surface area contributed by atoms with Gasteiger partial charge in [0.05, 0.1) is 17.2 Å². The third kappa shape index (κ3) is 2.08. The van der Waals surface area contributed by atoms with Gasteiger partial charge in [-0.15, -0.1) is 0 Å². The first kappa shape index (κ1) is 11.1. The largest absolute Gasteiger partial charge is 0.391 e. The Labute approximate surface area is 98.6 Å². The fourth-order valence-electron chi connectivity index (χ4n) is 1.60. The number of rotatable bonds is 3. The number of hydrogen-bond donors (Lipinski definition) is 2. The van der Waals surface area contributed by atoms with Gasteiger partial charge in [0.2, 0.25) is 0 Å². The van der Waals surface area contributed by atoms with Gasteiger partial charge >= 0.3 is 0 Å². The van der Waals surface area contributed by atoms with Gasteiger partial charge in [-0.1, -0.05) is 42.5 Å². The maximum atomic E-state index is 9.21. The molecule has 0 radical (unpaired) electrons. The van der Waals surface area contributed by atoms with E-state index >= 15 is 0 Å². The summed E-state index contributed by atoms with van der Waals surface area (Å²) in [6, 6.07) is 8.19. The number of thiazole rings is 1. The lowest BCUT2D eigenvalue weighted by atomic mass is 10.1. The summed E-state index contributed by atoms with van der Waals surface area (Å²) in [7, 11) is 0. The Kier molecular flexibility index (Phi) is 3.22. The topological polar surface area (TPSA) is 59.1 Å². The van der Waals surface area contributed by atoms with Crippen molar-refractivity contribution < 1.29 is 5.11 Å². The zero-order valence-electron chi connectivity index (χ0n) is 9.10. The molecule has 0 unspecified atom stereocenters. The quantitative estimate of drug-likeness (QED) is 0.857. The maximum absolute atomic E-state index is 9.21. The van der Waals surface area contributed by atoms with E-state index in [1.54, 1.807) is 0 Å². The Morgan fingerprint density at radius 1 is 1.31 bits per heavy atom. The molecule has 0 saturated carbocycles. The average molecular weight is 234 g/mol. The maximum Gasteiger partial charge on any atom is 0.180 e. The Morgan fingerprint density at radius 2 is 2.00 bits per heavy atom. The number of aliphatic hydroxyl groups is 1. The van der Waals surface area contributed by atoms with E-state index in [9.17, 15) is 5.11 Å². The van der Waals surface area contributed by atoms with Crippen LogP contribution in [0.15, 0.2) is 24.3 Å². The van der Waals surface area contributed by atoms with Crippen molar-refractivity contribution >= 4 is 16.5 Å². The second-order valence-corrected chi connectivity index (χ2v) is 4.65. The minimum absolute atomic E-state index is 0.0142. The molecule has 0 aliphatic carbocycles. The Hall–Kier alpha value is -1.39. The summed E-state index contributed by atoms with van der Waals surface area (Å²) in [6.07, 6.45) is 1.02. The van der Waals surface area contributed by atoms with Gasteiger partial charge in [0.15, 0.2) is 5.13 Å². The summed E-state index contributed by atoms with van der Waals surface area (Å²) in [5.41, 5.74) is 8.74. The van der Waals surface area contributed by atoms with Crippen molar-refractivity contribution in [3.8, 4) is 11.3 Å². The van der Waals surface area contributed by atoms with Crippen LogP contribution in [0, 0.1) is 0 Å². The first-order valence-corrected chi connectivity index (χ1v) is 6.01. The molecular weight excluding hydrogens is 220 g/mol. The molecule has 2 rings (SSSR count). The lowest BCUT2D eigenvalue weighted by Crippen LogP contribution is -1.87.